The maximum atomic E-state index is 4.45. The number of aromatic nitrogens is 2. The molecule has 0 aliphatic carbocycles. The van der Waals surface area contributed by atoms with Gasteiger partial charge in [-0.15, -0.1) is 0 Å². The SMILES string of the molecule is CC(C)Cn1nc(Br)cc1N(C)CN(C)C. The van der Waals surface area contributed by atoms with Crippen LogP contribution in [0.2, 0.25) is 0 Å². The monoisotopic (exact) mass is 288 g/mol. The summed E-state index contributed by atoms with van der Waals surface area (Å²) >= 11 is 3.44. The van der Waals surface area contributed by atoms with E-state index < -0.39 is 0 Å². The summed E-state index contributed by atoms with van der Waals surface area (Å²) < 4.78 is 2.95. The molecule has 0 aliphatic heterocycles. The summed E-state index contributed by atoms with van der Waals surface area (Å²) in [6, 6.07) is 2.06. The molecule has 0 saturated heterocycles. The van der Waals surface area contributed by atoms with E-state index in [0.29, 0.717) is 5.92 Å². The van der Waals surface area contributed by atoms with Crippen LogP contribution in [0.25, 0.3) is 0 Å². The molecule has 0 fully saturated rings. The Hall–Kier alpha value is -0.550. The lowest BCUT2D eigenvalue weighted by molar-refractivity contribution is 0.402. The Morgan fingerprint density at radius 3 is 2.50 bits per heavy atom. The van der Waals surface area contributed by atoms with Gasteiger partial charge in [0.1, 0.15) is 10.4 Å². The van der Waals surface area contributed by atoms with Crippen molar-refractivity contribution < 1.29 is 0 Å². The van der Waals surface area contributed by atoms with Crippen molar-refractivity contribution in [3.05, 3.63) is 10.7 Å². The zero-order chi connectivity index (χ0) is 12.3. The van der Waals surface area contributed by atoms with Crippen LogP contribution in [0.5, 0.6) is 0 Å². The van der Waals surface area contributed by atoms with Gasteiger partial charge in [-0.3, -0.25) is 4.90 Å². The van der Waals surface area contributed by atoms with Crippen LogP contribution >= 0.6 is 15.9 Å². The maximum absolute atomic E-state index is 4.45. The molecule has 4 nitrogen and oxygen atoms in total. The normalized spacial score (nSPS) is 11.5. The molecule has 0 saturated carbocycles. The van der Waals surface area contributed by atoms with Crippen LogP contribution in [0.1, 0.15) is 13.8 Å². The molecule has 1 aromatic rings. The molecule has 0 amide bonds. The first kappa shape index (κ1) is 13.5. The van der Waals surface area contributed by atoms with Gasteiger partial charge in [-0.1, -0.05) is 13.8 Å². The molecule has 1 aromatic heterocycles. The summed E-state index contributed by atoms with van der Waals surface area (Å²) in [5.41, 5.74) is 0. The van der Waals surface area contributed by atoms with Crippen LogP contribution in [-0.2, 0) is 6.54 Å². The van der Waals surface area contributed by atoms with Crippen molar-refractivity contribution in [1.82, 2.24) is 14.7 Å². The third-order valence-electron chi connectivity index (χ3n) is 2.15. The molecule has 0 radical (unpaired) electrons. The fourth-order valence-electron chi connectivity index (χ4n) is 1.66. The molecule has 1 heterocycles. The van der Waals surface area contributed by atoms with Crippen LogP contribution in [0.4, 0.5) is 5.82 Å². The van der Waals surface area contributed by atoms with Crippen LogP contribution in [-0.4, -0.2) is 42.5 Å². The Kier molecular flexibility index (Phi) is 4.80. The van der Waals surface area contributed by atoms with Gasteiger partial charge in [-0.05, 0) is 35.9 Å². The summed E-state index contributed by atoms with van der Waals surface area (Å²) in [4.78, 5) is 4.33. The van der Waals surface area contributed by atoms with Gasteiger partial charge in [0.05, 0.1) is 6.67 Å². The number of hydrogen-bond donors (Lipinski definition) is 0. The smallest absolute Gasteiger partial charge is 0.130 e. The Balaban J connectivity index is 2.84. The molecule has 16 heavy (non-hydrogen) atoms. The standard InChI is InChI=1S/C11H21BrN4/c1-9(2)7-16-11(6-10(12)13-16)15(5)8-14(3)4/h6,9H,7-8H2,1-5H3. The highest BCUT2D eigenvalue weighted by Crippen LogP contribution is 2.20. The molecular weight excluding hydrogens is 268 g/mol. The molecule has 0 bridgehead atoms. The van der Waals surface area contributed by atoms with Gasteiger partial charge in [0, 0.05) is 19.7 Å². The Labute approximate surface area is 106 Å². The lowest BCUT2D eigenvalue weighted by Gasteiger charge is -2.24. The third-order valence-corrected chi connectivity index (χ3v) is 2.54. The minimum Gasteiger partial charge on any atom is -0.347 e. The zero-order valence-electron chi connectivity index (χ0n) is 10.7. The highest BCUT2D eigenvalue weighted by molar-refractivity contribution is 9.10. The van der Waals surface area contributed by atoms with Crippen LogP contribution in [0.15, 0.2) is 10.7 Å². The van der Waals surface area contributed by atoms with E-state index >= 15 is 0 Å². The molecule has 0 aromatic carbocycles. The van der Waals surface area contributed by atoms with E-state index in [0.717, 1.165) is 23.6 Å². The van der Waals surface area contributed by atoms with Crippen molar-refractivity contribution in [3.63, 3.8) is 0 Å². The number of hydrogen-bond acceptors (Lipinski definition) is 3. The Bertz CT molecular complexity index is 333. The minimum absolute atomic E-state index is 0.596. The lowest BCUT2D eigenvalue weighted by atomic mass is 10.2. The molecule has 5 heteroatoms. The van der Waals surface area contributed by atoms with E-state index in [1.54, 1.807) is 0 Å². The number of rotatable bonds is 5. The average Bonchev–Trinajstić information content (AvgIpc) is 2.44. The van der Waals surface area contributed by atoms with Gasteiger partial charge in [0.15, 0.2) is 0 Å². The topological polar surface area (TPSA) is 24.3 Å². The van der Waals surface area contributed by atoms with Crippen LogP contribution < -0.4 is 4.90 Å². The van der Waals surface area contributed by atoms with E-state index in [1.165, 1.54) is 0 Å². The molecule has 0 aliphatic rings. The Morgan fingerprint density at radius 2 is 2.00 bits per heavy atom. The summed E-state index contributed by atoms with van der Waals surface area (Å²) in [5, 5.41) is 4.45. The van der Waals surface area contributed by atoms with E-state index in [-0.39, 0.29) is 0 Å². The maximum Gasteiger partial charge on any atom is 0.130 e. The first-order chi connectivity index (χ1) is 7.40. The van der Waals surface area contributed by atoms with E-state index in [2.05, 4.69) is 76.6 Å². The number of anilines is 1. The molecule has 92 valence electrons. The Morgan fingerprint density at radius 1 is 1.38 bits per heavy atom. The van der Waals surface area contributed by atoms with Crippen molar-refractivity contribution >= 4 is 21.7 Å². The molecular formula is C11H21BrN4. The second-order valence-electron chi connectivity index (χ2n) is 4.82. The summed E-state index contributed by atoms with van der Waals surface area (Å²) in [6.45, 7) is 6.23. The molecule has 1 rings (SSSR count). The van der Waals surface area contributed by atoms with Crippen molar-refractivity contribution in [2.45, 2.75) is 20.4 Å². The second kappa shape index (κ2) is 5.68. The van der Waals surface area contributed by atoms with E-state index in [1.807, 2.05) is 0 Å². The highest BCUT2D eigenvalue weighted by atomic mass is 79.9. The molecule has 0 N–H and O–H groups in total. The molecule has 0 unspecified atom stereocenters. The molecule has 0 spiro atoms. The first-order valence-corrected chi connectivity index (χ1v) is 6.28. The largest absolute Gasteiger partial charge is 0.347 e. The summed E-state index contributed by atoms with van der Waals surface area (Å²) in [6.07, 6.45) is 0. The van der Waals surface area contributed by atoms with Crippen molar-refractivity contribution in [2.24, 2.45) is 5.92 Å². The van der Waals surface area contributed by atoms with Gasteiger partial charge in [-0.2, -0.15) is 5.10 Å². The summed E-state index contributed by atoms with van der Waals surface area (Å²) in [7, 11) is 6.21. The fourth-order valence-corrected chi connectivity index (χ4v) is 2.06. The summed E-state index contributed by atoms with van der Waals surface area (Å²) in [5.74, 6) is 1.74. The zero-order valence-corrected chi connectivity index (χ0v) is 12.3. The number of halogens is 1. The van der Waals surface area contributed by atoms with Gasteiger partial charge in [0.25, 0.3) is 0 Å². The van der Waals surface area contributed by atoms with Crippen molar-refractivity contribution in [1.29, 1.82) is 0 Å². The highest BCUT2D eigenvalue weighted by Gasteiger charge is 2.12. The third kappa shape index (κ3) is 3.79. The average molecular weight is 289 g/mol. The van der Waals surface area contributed by atoms with Crippen LogP contribution in [0.3, 0.4) is 0 Å². The predicted molar refractivity (Wildman–Crippen MR) is 71.7 cm³/mol. The second-order valence-corrected chi connectivity index (χ2v) is 5.63. The quantitative estimate of drug-likeness (QED) is 0.777. The van der Waals surface area contributed by atoms with Crippen LogP contribution in [0, 0.1) is 5.92 Å². The van der Waals surface area contributed by atoms with Crippen molar-refractivity contribution in [3.8, 4) is 0 Å². The van der Waals surface area contributed by atoms with Gasteiger partial charge >= 0.3 is 0 Å². The molecule has 0 atom stereocenters. The first-order valence-electron chi connectivity index (χ1n) is 5.49. The van der Waals surface area contributed by atoms with E-state index in [4.69, 9.17) is 0 Å². The predicted octanol–water partition coefficient (Wildman–Crippen LogP) is 2.26. The van der Waals surface area contributed by atoms with Crippen molar-refractivity contribution in [2.75, 3.05) is 32.7 Å². The van der Waals surface area contributed by atoms with Gasteiger partial charge in [0.2, 0.25) is 0 Å². The van der Waals surface area contributed by atoms with E-state index in [9.17, 15) is 0 Å². The minimum atomic E-state index is 0.596. The van der Waals surface area contributed by atoms with Gasteiger partial charge in [-0.25, -0.2) is 4.68 Å². The van der Waals surface area contributed by atoms with Gasteiger partial charge < -0.3 is 4.90 Å². The lowest BCUT2D eigenvalue weighted by Crippen LogP contribution is -2.32. The fraction of sp³-hybridized carbons (Fsp3) is 0.727. The number of nitrogens with zero attached hydrogens (tertiary/aromatic N) is 4.